The van der Waals surface area contributed by atoms with Crippen LogP contribution in [0.5, 0.6) is 0 Å². The van der Waals surface area contributed by atoms with Gasteiger partial charge in [-0.05, 0) is 25.3 Å². The molecule has 2 aromatic heterocycles. The molecule has 2 N–H and O–H groups in total. The number of amides is 2. The maximum Gasteiger partial charge on any atom is 0.328 e. The van der Waals surface area contributed by atoms with E-state index in [2.05, 4.69) is 33.4 Å². The average molecular weight is 482 g/mol. The average Bonchev–Trinajstić information content (AvgIpc) is 2.88. The summed E-state index contributed by atoms with van der Waals surface area (Å²) in [6.07, 6.45) is 8.00. The number of allylic oxidation sites excluding steroid dienone is 2. The number of hydrogen-bond acceptors (Lipinski definition) is 7. The number of aromatic amines is 1. The molecule has 0 unspecified atom stereocenters. The monoisotopic (exact) mass is 481 g/mol. The predicted molar refractivity (Wildman–Crippen MR) is 132 cm³/mol. The molecule has 3 rings (SSSR count). The molecule has 2 aromatic rings. The van der Waals surface area contributed by atoms with E-state index in [9.17, 15) is 19.2 Å². The van der Waals surface area contributed by atoms with Gasteiger partial charge in [-0.2, -0.15) is 0 Å². The number of hydrogen-bond donors (Lipinski definition) is 2. The Morgan fingerprint density at radius 2 is 1.80 bits per heavy atom. The Bertz CT molecular complexity index is 1160. The van der Waals surface area contributed by atoms with Crippen molar-refractivity contribution in [2.24, 2.45) is 0 Å². The summed E-state index contributed by atoms with van der Waals surface area (Å²) in [5.74, 6) is 0.106. The quantitative estimate of drug-likeness (QED) is 0.433. The van der Waals surface area contributed by atoms with Crippen LogP contribution < -0.4 is 21.5 Å². The molecule has 1 fully saturated rings. The number of piperazine rings is 1. The molecule has 186 valence electrons. The highest BCUT2D eigenvalue weighted by molar-refractivity contribution is 5.84. The summed E-state index contributed by atoms with van der Waals surface area (Å²) >= 11 is 0. The van der Waals surface area contributed by atoms with Crippen LogP contribution in [0.3, 0.4) is 0 Å². The highest BCUT2D eigenvalue weighted by atomic mass is 16.2. The number of rotatable bonds is 11. The first kappa shape index (κ1) is 25.6. The van der Waals surface area contributed by atoms with Gasteiger partial charge in [0, 0.05) is 62.8 Å². The summed E-state index contributed by atoms with van der Waals surface area (Å²) in [6.45, 7) is 9.58. The van der Waals surface area contributed by atoms with Crippen molar-refractivity contribution < 1.29 is 9.59 Å². The Morgan fingerprint density at radius 3 is 2.46 bits per heavy atom. The molecule has 11 heteroatoms. The van der Waals surface area contributed by atoms with Crippen molar-refractivity contribution in [3.05, 3.63) is 75.9 Å². The van der Waals surface area contributed by atoms with Gasteiger partial charge in [-0.3, -0.25) is 23.9 Å². The van der Waals surface area contributed by atoms with E-state index in [4.69, 9.17) is 0 Å². The van der Waals surface area contributed by atoms with E-state index in [1.165, 1.54) is 4.57 Å². The molecule has 0 aliphatic carbocycles. The van der Waals surface area contributed by atoms with Crippen molar-refractivity contribution in [3.63, 3.8) is 0 Å². The van der Waals surface area contributed by atoms with Crippen molar-refractivity contribution in [2.45, 2.75) is 32.2 Å². The molecule has 2 amide bonds. The van der Waals surface area contributed by atoms with Crippen LogP contribution in [0.4, 0.5) is 5.95 Å². The van der Waals surface area contributed by atoms with Gasteiger partial charge in [0.05, 0.1) is 6.54 Å². The smallest absolute Gasteiger partial charge is 0.328 e. The van der Waals surface area contributed by atoms with Gasteiger partial charge < -0.3 is 15.1 Å². The van der Waals surface area contributed by atoms with Gasteiger partial charge in [-0.15, -0.1) is 13.2 Å². The second-order valence-corrected chi connectivity index (χ2v) is 8.10. The van der Waals surface area contributed by atoms with Crippen LogP contribution in [0.15, 0.2) is 53.4 Å². The zero-order valence-electron chi connectivity index (χ0n) is 19.7. The molecule has 0 bridgehead atoms. The molecule has 0 aromatic carbocycles. The fourth-order valence-electron chi connectivity index (χ4n) is 3.97. The zero-order valence-corrected chi connectivity index (χ0v) is 19.7. The van der Waals surface area contributed by atoms with Gasteiger partial charge in [0.15, 0.2) is 0 Å². The second-order valence-electron chi connectivity index (χ2n) is 8.10. The van der Waals surface area contributed by atoms with Crippen LogP contribution in [-0.4, -0.2) is 69.0 Å². The minimum Gasteiger partial charge on any atom is -0.347 e. The summed E-state index contributed by atoms with van der Waals surface area (Å²) < 4.78 is 1.41. The molecule has 0 atom stereocenters. The summed E-state index contributed by atoms with van der Waals surface area (Å²) in [5.41, 5.74) is 0.0185. The minimum atomic E-state index is -0.564. The topological polar surface area (TPSA) is 133 Å². The lowest BCUT2D eigenvalue weighted by Gasteiger charge is -2.34. The predicted octanol–water partition coefficient (Wildman–Crippen LogP) is 0.0288. The molecule has 1 aliphatic rings. The summed E-state index contributed by atoms with van der Waals surface area (Å²) in [6, 6.07) is 1.75. The number of carbonyl (C=O) groups is 2. The first-order chi connectivity index (χ1) is 16.9. The summed E-state index contributed by atoms with van der Waals surface area (Å²) in [7, 11) is 0. The first-order valence-corrected chi connectivity index (χ1v) is 11.6. The Kier molecular flexibility index (Phi) is 9.10. The highest BCUT2D eigenvalue weighted by Gasteiger charge is 2.22. The molecule has 0 spiro atoms. The number of nitrogens with one attached hydrogen (secondary N) is 2. The first-order valence-electron chi connectivity index (χ1n) is 11.6. The Balaban J connectivity index is 1.53. The lowest BCUT2D eigenvalue weighted by Crippen LogP contribution is -2.51. The van der Waals surface area contributed by atoms with Gasteiger partial charge in [-0.25, -0.2) is 14.8 Å². The largest absolute Gasteiger partial charge is 0.347 e. The van der Waals surface area contributed by atoms with Gasteiger partial charge in [0.25, 0.3) is 5.56 Å². The number of nitrogens with zero attached hydrogens (tertiary/aromatic N) is 5. The van der Waals surface area contributed by atoms with E-state index in [0.717, 1.165) is 0 Å². The third-order valence-corrected chi connectivity index (χ3v) is 5.81. The maximum absolute atomic E-state index is 12.5. The zero-order chi connectivity index (χ0) is 25.2. The summed E-state index contributed by atoms with van der Waals surface area (Å²) in [4.78, 5) is 64.2. The number of carbonyl (C=O) groups excluding carboxylic acids is 2. The van der Waals surface area contributed by atoms with Crippen molar-refractivity contribution in [1.82, 2.24) is 29.7 Å². The van der Waals surface area contributed by atoms with Crippen LogP contribution >= 0.6 is 0 Å². The Morgan fingerprint density at radius 1 is 1.09 bits per heavy atom. The van der Waals surface area contributed by atoms with E-state index in [-0.39, 0.29) is 31.3 Å². The molecule has 1 saturated heterocycles. The number of aromatic nitrogens is 4. The van der Waals surface area contributed by atoms with E-state index >= 15 is 0 Å². The van der Waals surface area contributed by atoms with Crippen LogP contribution in [0.25, 0.3) is 0 Å². The lowest BCUT2D eigenvalue weighted by molar-refractivity contribution is -0.133. The molecule has 1 aliphatic heterocycles. The fourth-order valence-corrected chi connectivity index (χ4v) is 3.97. The van der Waals surface area contributed by atoms with Gasteiger partial charge in [0.1, 0.15) is 0 Å². The number of anilines is 1. The molecule has 3 heterocycles. The molecule has 35 heavy (non-hydrogen) atoms. The molecule has 11 nitrogen and oxygen atoms in total. The normalized spacial score (nSPS) is 13.4. The van der Waals surface area contributed by atoms with Crippen molar-refractivity contribution in [3.8, 4) is 0 Å². The third kappa shape index (κ3) is 6.75. The molecule has 0 saturated carbocycles. The van der Waals surface area contributed by atoms with Crippen molar-refractivity contribution in [1.29, 1.82) is 0 Å². The van der Waals surface area contributed by atoms with Crippen LogP contribution in [0.2, 0.25) is 0 Å². The molecule has 0 radical (unpaired) electrons. The van der Waals surface area contributed by atoms with Crippen LogP contribution in [-0.2, 0) is 29.0 Å². The lowest BCUT2D eigenvalue weighted by atomic mass is 10.1. The van der Waals surface area contributed by atoms with E-state index < -0.39 is 11.2 Å². The maximum atomic E-state index is 12.5. The van der Waals surface area contributed by atoms with Crippen LogP contribution in [0.1, 0.15) is 24.1 Å². The van der Waals surface area contributed by atoms with Crippen molar-refractivity contribution in [2.75, 3.05) is 37.6 Å². The standard InChI is InChI=1S/C24H31N7O4/c1-3-5-8-19-18(7-4-2)22(34)28-24(35)31(19)12-9-20(32)27-17-21(33)29-13-15-30(16-14-29)23-25-10-6-11-26-23/h3-4,6,10-11H,1-2,5,7-9,12-17H2,(H,27,32)(H,28,34,35). The molecular formula is C24H31N7O4. The van der Waals surface area contributed by atoms with Gasteiger partial charge in [0.2, 0.25) is 17.8 Å². The van der Waals surface area contributed by atoms with E-state index in [1.54, 1.807) is 35.5 Å². The number of H-pyrrole nitrogens is 1. The molecular weight excluding hydrogens is 450 g/mol. The van der Waals surface area contributed by atoms with E-state index in [1.807, 2.05) is 4.90 Å². The Labute approximate surface area is 203 Å². The van der Waals surface area contributed by atoms with Crippen molar-refractivity contribution >= 4 is 17.8 Å². The van der Waals surface area contributed by atoms with Gasteiger partial charge >= 0.3 is 5.69 Å². The minimum absolute atomic E-state index is 0.00697. The fraction of sp³-hybridized carbons (Fsp3) is 0.417. The second kappa shape index (κ2) is 12.4. The van der Waals surface area contributed by atoms with Gasteiger partial charge in [-0.1, -0.05) is 12.2 Å². The SMILES string of the molecule is C=CCCc1c(CC=C)c(=O)[nH]c(=O)n1CCC(=O)NCC(=O)N1CCN(c2ncccn2)CC1. The van der Waals surface area contributed by atoms with Crippen LogP contribution in [0, 0.1) is 0 Å². The third-order valence-electron chi connectivity index (χ3n) is 5.81. The Hall–Kier alpha value is -4.02. The van der Waals surface area contributed by atoms with E-state index in [0.29, 0.717) is 62.6 Å². The highest BCUT2D eigenvalue weighted by Crippen LogP contribution is 2.10. The summed E-state index contributed by atoms with van der Waals surface area (Å²) in [5, 5.41) is 2.64.